The Bertz CT molecular complexity index is 794. The van der Waals surface area contributed by atoms with Crippen LogP contribution in [-0.2, 0) is 17.8 Å². The summed E-state index contributed by atoms with van der Waals surface area (Å²) in [5, 5.41) is -0.522. The van der Waals surface area contributed by atoms with Crippen LogP contribution in [0.25, 0.3) is 0 Å². The van der Waals surface area contributed by atoms with Crippen molar-refractivity contribution in [2.45, 2.75) is 31.6 Å². The summed E-state index contributed by atoms with van der Waals surface area (Å²) in [6.45, 7) is 2.58. The zero-order valence-corrected chi connectivity index (χ0v) is 15.3. The minimum absolute atomic E-state index is 0.110. The monoisotopic (exact) mass is 373 g/mol. The highest BCUT2D eigenvalue weighted by atomic mass is 32.2. The van der Waals surface area contributed by atoms with Gasteiger partial charge in [-0.3, -0.25) is 14.5 Å². The SMILES string of the molecule is CCCN1C(=O)S[C@@H](Cc2ccc(OCc3ccccc3F)cc2)C1=O. The molecule has 0 spiro atoms. The molecule has 136 valence electrons. The maximum atomic E-state index is 13.6. The number of carbonyl (C=O) groups excluding carboxylic acids is 2. The first-order chi connectivity index (χ1) is 12.6. The van der Waals surface area contributed by atoms with Crippen molar-refractivity contribution in [2.75, 3.05) is 6.54 Å². The van der Waals surface area contributed by atoms with Gasteiger partial charge in [-0.25, -0.2) is 4.39 Å². The second-order valence-corrected chi connectivity index (χ2v) is 7.24. The first-order valence-corrected chi connectivity index (χ1v) is 9.43. The van der Waals surface area contributed by atoms with Crippen LogP contribution in [-0.4, -0.2) is 27.8 Å². The Morgan fingerprint density at radius 1 is 1.12 bits per heavy atom. The van der Waals surface area contributed by atoms with E-state index in [4.69, 9.17) is 4.74 Å². The molecule has 0 aliphatic carbocycles. The van der Waals surface area contributed by atoms with Crippen molar-refractivity contribution < 1.29 is 18.7 Å². The number of rotatable bonds is 7. The van der Waals surface area contributed by atoms with Crippen LogP contribution in [0.2, 0.25) is 0 Å². The fourth-order valence-corrected chi connectivity index (χ4v) is 3.82. The minimum atomic E-state index is -0.362. The summed E-state index contributed by atoms with van der Waals surface area (Å²) in [4.78, 5) is 25.5. The van der Waals surface area contributed by atoms with Gasteiger partial charge in [-0.05, 0) is 36.6 Å². The molecule has 0 unspecified atom stereocenters. The van der Waals surface area contributed by atoms with Crippen LogP contribution >= 0.6 is 11.8 Å². The molecule has 26 heavy (non-hydrogen) atoms. The van der Waals surface area contributed by atoms with Gasteiger partial charge >= 0.3 is 0 Å². The molecule has 4 nitrogen and oxygen atoms in total. The number of hydrogen-bond acceptors (Lipinski definition) is 4. The third kappa shape index (κ3) is 4.25. The lowest BCUT2D eigenvalue weighted by atomic mass is 10.1. The Morgan fingerprint density at radius 2 is 1.85 bits per heavy atom. The topological polar surface area (TPSA) is 46.6 Å². The number of amides is 2. The number of ether oxygens (including phenoxy) is 1. The van der Waals surface area contributed by atoms with Gasteiger partial charge in [-0.2, -0.15) is 0 Å². The van der Waals surface area contributed by atoms with Crippen molar-refractivity contribution in [3.05, 3.63) is 65.5 Å². The number of halogens is 1. The summed E-state index contributed by atoms with van der Waals surface area (Å²) in [5.41, 5.74) is 1.46. The van der Waals surface area contributed by atoms with E-state index in [0.29, 0.717) is 24.3 Å². The van der Waals surface area contributed by atoms with Crippen molar-refractivity contribution in [2.24, 2.45) is 0 Å². The van der Waals surface area contributed by atoms with Crippen LogP contribution in [0.3, 0.4) is 0 Å². The molecule has 0 saturated carbocycles. The molecule has 6 heteroatoms. The number of nitrogens with zero attached hydrogens (tertiary/aromatic N) is 1. The van der Waals surface area contributed by atoms with E-state index in [1.807, 2.05) is 19.1 Å². The average Bonchev–Trinajstić information content (AvgIpc) is 2.90. The molecule has 1 aliphatic rings. The fourth-order valence-electron chi connectivity index (χ4n) is 2.77. The van der Waals surface area contributed by atoms with Crippen LogP contribution in [0.15, 0.2) is 48.5 Å². The number of imide groups is 1. The van der Waals surface area contributed by atoms with Crippen LogP contribution in [0.5, 0.6) is 5.75 Å². The second kappa shape index (κ2) is 8.36. The Labute approximate surface area is 156 Å². The number of benzene rings is 2. The maximum absolute atomic E-state index is 13.6. The zero-order chi connectivity index (χ0) is 18.5. The maximum Gasteiger partial charge on any atom is 0.289 e. The fraction of sp³-hybridized carbons (Fsp3) is 0.300. The molecule has 1 atom stereocenters. The molecule has 2 aromatic rings. The molecule has 1 heterocycles. The van der Waals surface area contributed by atoms with E-state index in [2.05, 4.69) is 0 Å². The van der Waals surface area contributed by atoms with E-state index in [0.717, 1.165) is 23.7 Å². The average molecular weight is 373 g/mol. The number of hydrogen-bond donors (Lipinski definition) is 0. The highest BCUT2D eigenvalue weighted by molar-refractivity contribution is 8.15. The zero-order valence-electron chi connectivity index (χ0n) is 14.5. The summed E-state index contributed by atoms with van der Waals surface area (Å²) < 4.78 is 19.2. The molecule has 3 rings (SSSR count). The Morgan fingerprint density at radius 3 is 2.54 bits per heavy atom. The molecule has 1 fully saturated rings. The van der Waals surface area contributed by atoms with E-state index >= 15 is 0 Å². The Kier molecular flexibility index (Phi) is 5.93. The van der Waals surface area contributed by atoms with Crippen LogP contribution in [0.1, 0.15) is 24.5 Å². The van der Waals surface area contributed by atoms with Gasteiger partial charge in [0.15, 0.2) is 0 Å². The summed E-state index contributed by atoms with van der Waals surface area (Å²) in [7, 11) is 0. The summed E-state index contributed by atoms with van der Waals surface area (Å²) >= 11 is 1.09. The van der Waals surface area contributed by atoms with Gasteiger partial charge in [0.05, 0.1) is 5.25 Å². The third-order valence-electron chi connectivity index (χ3n) is 4.15. The Balaban J connectivity index is 1.57. The van der Waals surface area contributed by atoms with Crippen molar-refractivity contribution in [3.8, 4) is 5.75 Å². The summed E-state index contributed by atoms with van der Waals surface area (Å²) in [6.07, 6.45) is 1.27. The standard InChI is InChI=1S/C20H20FNO3S/c1-2-11-22-19(23)18(26-20(22)24)12-14-7-9-16(10-8-14)25-13-15-5-3-4-6-17(15)21/h3-10,18H,2,11-13H2,1H3/t18-/m0/s1. The molecule has 1 saturated heterocycles. The molecule has 0 aromatic heterocycles. The highest BCUT2D eigenvalue weighted by Gasteiger charge is 2.38. The number of carbonyl (C=O) groups is 2. The normalized spacial score (nSPS) is 17.0. The van der Waals surface area contributed by atoms with E-state index < -0.39 is 0 Å². The molecule has 2 amide bonds. The van der Waals surface area contributed by atoms with Crippen LogP contribution < -0.4 is 4.74 Å². The molecular formula is C20H20FNO3S. The van der Waals surface area contributed by atoms with Gasteiger partial charge in [0.2, 0.25) is 5.91 Å². The largest absolute Gasteiger partial charge is 0.489 e. The molecule has 1 aliphatic heterocycles. The molecule has 0 N–H and O–H groups in total. The number of thioether (sulfide) groups is 1. The first-order valence-electron chi connectivity index (χ1n) is 8.55. The molecular weight excluding hydrogens is 353 g/mol. The summed E-state index contributed by atoms with van der Waals surface area (Å²) in [6, 6.07) is 13.8. The van der Waals surface area contributed by atoms with E-state index in [1.165, 1.54) is 11.0 Å². The van der Waals surface area contributed by atoms with Crippen molar-refractivity contribution >= 4 is 22.9 Å². The molecule has 0 radical (unpaired) electrons. The van der Waals surface area contributed by atoms with E-state index in [1.54, 1.807) is 30.3 Å². The summed E-state index contributed by atoms with van der Waals surface area (Å²) in [5.74, 6) is 0.231. The second-order valence-electron chi connectivity index (χ2n) is 6.09. The lowest BCUT2D eigenvalue weighted by Gasteiger charge is -2.12. The predicted molar refractivity (Wildman–Crippen MR) is 99.7 cm³/mol. The van der Waals surface area contributed by atoms with E-state index in [9.17, 15) is 14.0 Å². The van der Waals surface area contributed by atoms with Gasteiger partial charge < -0.3 is 4.74 Å². The van der Waals surface area contributed by atoms with Gasteiger partial charge in [-0.1, -0.05) is 49.0 Å². The highest BCUT2D eigenvalue weighted by Crippen LogP contribution is 2.30. The van der Waals surface area contributed by atoms with Crippen molar-refractivity contribution in [3.63, 3.8) is 0 Å². The lowest BCUT2D eigenvalue weighted by molar-refractivity contribution is -0.126. The molecule has 0 bridgehead atoms. The van der Waals surface area contributed by atoms with Gasteiger partial charge in [0.1, 0.15) is 18.2 Å². The predicted octanol–water partition coefficient (Wildman–Crippen LogP) is 4.42. The van der Waals surface area contributed by atoms with Crippen molar-refractivity contribution in [1.82, 2.24) is 4.90 Å². The minimum Gasteiger partial charge on any atom is -0.489 e. The van der Waals surface area contributed by atoms with Crippen LogP contribution in [0.4, 0.5) is 9.18 Å². The smallest absolute Gasteiger partial charge is 0.289 e. The van der Waals surface area contributed by atoms with Gasteiger partial charge in [0, 0.05) is 12.1 Å². The van der Waals surface area contributed by atoms with Gasteiger partial charge in [-0.15, -0.1) is 0 Å². The van der Waals surface area contributed by atoms with Crippen LogP contribution in [0, 0.1) is 5.82 Å². The quantitative estimate of drug-likeness (QED) is 0.721. The van der Waals surface area contributed by atoms with E-state index in [-0.39, 0.29) is 28.8 Å². The van der Waals surface area contributed by atoms with Crippen molar-refractivity contribution in [1.29, 1.82) is 0 Å². The lowest BCUT2D eigenvalue weighted by Crippen LogP contribution is -2.32. The third-order valence-corrected chi connectivity index (χ3v) is 5.22. The molecule has 2 aromatic carbocycles. The first kappa shape index (κ1) is 18.5. The Hall–Kier alpha value is -2.34. The van der Waals surface area contributed by atoms with Gasteiger partial charge in [0.25, 0.3) is 5.24 Å².